The zero-order chi connectivity index (χ0) is 14.6. The Bertz CT molecular complexity index is 446. The van der Waals surface area contributed by atoms with E-state index in [0.717, 1.165) is 6.54 Å². The fraction of sp³-hybridized carbons (Fsp3) is 0.500. The van der Waals surface area contributed by atoms with Gasteiger partial charge in [0.05, 0.1) is 16.3 Å². The molecule has 0 saturated heterocycles. The number of carbonyl (C=O) groups excluding carboxylic acids is 1. The molecule has 0 spiro atoms. The number of nitrogen functional groups attached to an aromatic ring is 1. The summed E-state index contributed by atoms with van der Waals surface area (Å²) in [6.45, 7) is 4.94. The monoisotopic (exact) mass is 283 g/mol. The van der Waals surface area contributed by atoms with E-state index in [2.05, 4.69) is 19.2 Å². The number of nitrogens with zero attached hydrogens (tertiary/aromatic N) is 1. The smallest absolute Gasteiger partial charge is 0.253 e. The van der Waals surface area contributed by atoms with Crippen molar-refractivity contribution in [3.05, 3.63) is 28.8 Å². The zero-order valence-electron chi connectivity index (χ0n) is 11.9. The number of benzene rings is 1. The van der Waals surface area contributed by atoms with E-state index in [4.69, 9.17) is 17.3 Å². The summed E-state index contributed by atoms with van der Waals surface area (Å²) in [5.41, 5.74) is 6.59. The third kappa shape index (κ3) is 4.40. The highest BCUT2D eigenvalue weighted by Gasteiger charge is 2.19. The van der Waals surface area contributed by atoms with Gasteiger partial charge in [0, 0.05) is 12.6 Å². The first-order chi connectivity index (χ1) is 8.82. The first-order valence-corrected chi connectivity index (χ1v) is 6.70. The fourth-order valence-electron chi connectivity index (χ4n) is 1.80. The Morgan fingerprint density at radius 3 is 2.58 bits per heavy atom. The Hall–Kier alpha value is -1.26. The number of para-hydroxylation sites is 1. The molecule has 1 rings (SSSR count). The summed E-state index contributed by atoms with van der Waals surface area (Å²) in [5, 5.41) is 3.42. The van der Waals surface area contributed by atoms with Crippen LogP contribution >= 0.6 is 11.6 Å². The lowest BCUT2D eigenvalue weighted by Crippen LogP contribution is -2.45. The molecule has 0 aliphatic heterocycles. The van der Waals surface area contributed by atoms with E-state index < -0.39 is 0 Å². The number of carbonyl (C=O) groups is 1. The molecule has 1 aromatic carbocycles. The van der Waals surface area contributed by atoms with Crippen LogP contribution in [0.3, 0.4) is 0 Å². The van der Waals surface area contributed by atoms with Crippen molar-refractivity contribution in [3.63, 3.8) is 0 Å². The van der Waals surface area contributed by atoms with Crippen LogP contribution in [0.15, 0.2) is 18.2 Å². The largest absolute Gasteiger partial charge is 0.397 e. The summed E-state index contributed by atoms with van der Waals surface area (Å²) < 4.78 is 0. The van der Waals surface area contributed by atoms with Crippen LogP contribution in [0.5, 0.6) is 0 Å². The molecule has 0 aliphatic carbocycles. The van der Waals surface area contributed by atoms with Gasteiger partial charge < -0.3 is 16.0 Å². The molecule has 0 saturated carbocycles. The van der Waals surface area contributed by atoms with Gasteiger partial charge in [0.15, 0.2) is 0 Å². The third-order valence-corrected chi connectivity index (χ3v) is 3.31. The molecule has 1 aromatic rings. The Morgan fingerprint density at radius 2 is 2.05 bits per heavy atom. The van der Waals surface area contributed by atoms with Gasteiger partial charge in [-0.1, -0.05) is 31.5 Å². The molecular formula is C14H22ClN3O. The van der Waals surface area contributed by atoms with Crippen molar-refractivity contribution in [2.24, 2.45) is 5.92 Å². The van der Waals surface area contributed by atoms with Crippen LogP contribution in [-0.2, 0) is 0 Å². The van der Waals surface area contributed by atoms with Gasteiger partial charge in [0.1, 0.15) is 0 Å². The summed E-state index contributed by atoms with van der Waals surface area (Å²) in [6, 6.07) is 5.15. The number of halogens is 1. The third-order valence-electron chi connectivity index (χ3n) is 2.98. The van der Waals surface area contributed by atoms with Crippen molar-refractivity contribution in [3.8, 4) is 0 Å². The van der Waals surface area contributed by atoms with Crippen LogP contribution in [0.4, 0.5) is 5.69 Å². The molecular weight excluding hydrogens is 262 g/mol. The summed E-state index contributed by atoms with van der Waals surface area (Å²) >= 11 is 5.93. The highest BCUT2D eigenvalue weighted by Crippen LogP contribution is 2.22. The molecule has 0 aromatic heterocycles. The minimum Gasteiger partial charge on any atom is -0.397 e. The van der Waals surface area contributed by atoms with Gasteiger partial charge in [0.2, 0.25) is 0 Å². The lowest BCUT2D eigenvalue weighted by Gasteiger charge is -2.26. The predicted octanol–water partition coefficient (Wildman–Crippen LogP) is 2.24. The minimum absolute atomic E-state index is 0.0703. The van der Waals surface area contributed by atoms with Crippen molar-refractivity contribution in [2.45, 2.75) is 19.9 Å². The maximum absolute atomic E-state index is 12.2. The molecule has 0 bridgehead atoms. The molecule has 0 heterocycles. The Labute approximate surface area is 119 Å². The first kappa shape index (κ1) is 15.8. The van der Waals surface area contributed by atoms with Gasteiger partial charge in [0.25, 0.3) is 5.91 Å². The van der Waals surface area contributed by atoms with Crippen molar-refractivity contribution < 1.29 is 4.79 Å². The van der Waals surface area contributed by atoms with Crippen LogP contribution in [0.25, 0.3) is 0 Å². The topological polar surface area (TPSA) is 58.4 Å². The van der Waals surface area contributed by atoms with Crippen LogP contribution in [0.2, 0.25) is 5.02 Å². The average Bonchev–Trinajstić information content (AvgIpc) is 2.31. The van der Waals surface area contributed by atoms with E-state index in [0.29, 0.717) is 22.2 Å². The van der Waals surface area contributed by atoms with Crippen LogP contribution < -0.4 is 11.1 Å². The SMILES string of the molecule is CC(C)C(CN(C)C)NC(=O)c1cccc(Cl)c1N. The van der Waals surface area contributed by atoms with Crippen LogP contribution in [0, 0.1) is 5.92 Å². The molecule has 1 atom stereocenters. The van der Waals surface area contributed by atoms with Crippen molar-refractivity contribution in [2.75, 3.05) is 26.4 Å². The zero-order valence-corrected chi connectivity index (χ0v) is 12.7. The van der Waals surface area contributed by atoms with Gasteiger partial charge in [-0.15, -0.1) is 0 Å². The Kier molecular flexibility index (Phi) is 5.63. The number of rotatable bonds is 5. The quantitative estimate of drug-likeness (QED) is 0.815. The summed E-state index contributed by atoms with van der Waals surface area (Å²) in [6.07, 6.45) is 0. The highest BCUT2D eigenvalue weighted by molar-refractivity contribution is 6.33. The molecule has 3 N–H and O–H groups in total. The Balaban J connectivity index is 2.85. The van der Waals surface area contributed by atoms with E-state index in [1.807, 2.05) is 19.0 Å². The summed E-state index contributed by atoms with van der Waals surface area (Å²) in [4.78, 5) is 14.3. The Morgan fingerprint density at radius 1 is 1.42 bits per heavy atom. The number of likely N-dealkylation sites (N-methyl/N-ethyl adjacent to an activating group) is 1. The van der Waals surface area contributed by atoms with E-state index in [9.17, 15) is 4.79 Å². The van der Waals surface area contributed by atoms with E-state index >= 15 is 0 Å². The van der Waals surface area contributed by atoms with Crippen molar-refractivity contribution in [1.82, 2.24) is 10.2 Å². The van der Waals surface area contributed by atoms with Crippen LogP contribution in [0.1, 0.15) is 24.2 Å². The van der Waals surface area contributed by atoms with Gasteiger partial charge in [-0.2, -0.15) is 0 Å². The van der Waals surface area contributed by atoms with Crippen LogP contribution in [-0.4, -0.2) is 37.5 Å². The second-order valence-corrected chi connectivity index (χ2v) is 5.69. The number of nitrogens with two attached hydrogens (primary N) is 1. The number of anilines is 1. The van der Waals surface area contributed by atoms with Gasteiger partial charge in [-0.3, -0.25) is 4.79 Å². The van der Waals surface area contributed by atoms with Crippen molar-refractivity contribution in [1.29, 1.82) is 0 Å². The van der Waals surface area contributed by atoms with E-state index in [1.54, 1.807) is 18.2 Å². The number of hydrogen-bond acceptors (Lipinski definition) is 3. The maximum Gasteiger partial charge on any atom is 0.253 e. The second kappa shape index (κ2) is 6.78. The first-order valence-electron chi connectivity index (χ1n) is 6.32. The van der Waals surface area contributed by atoms with E-state index in [-0.39, 0.29) is 11.9 Å². The van der Waals surface area contributed by atoms with Gasteiger partial charge in [-0.05, 0) is 32.1 Å². The molecule has 1 unspecified atom stereocenters. The van der Waals surface area contributed by atoms with Crippen molar-refractivity contribution >= 4 is 23.2 Å². The van der Waals surface area contributed by atoms with Gasteiger partial charge in [-0.25, -0.2) is 0 Å². The summed E-state index contributed by atoms with van der Waals surface area (Å²) in [7, 11) is 3.96. The fourth-order valence-corrected chi connectivity index (χ4v) is 1.97. The molecule has 1 amide bonds. The number of amides is 1. The minimum atomic E-state index is -0.180. The summed E-state index contributed by atoms with van der Waals surface area (Å²) in [5.74, 6) is 0.160. The van der Waals surface area contributed by atoms with Gasteiger partial charge >= 0.3 is 0 Å². The molecule has 0 fully saturated rings. The lowest BCUT2D eigenvalue weighted by atomic mass is 10.0. The maximum atomic E-state index is 12.2. The highest BCUT2D eigenvalue weighted by atomic mass is 35.5. The average molecular weight is 284 g/mol. The molecule has 19 heavy (non-hydrogen) atoms. The molecule has 106 valence electrons. The second-order valence-electron chi connectivity index (χ2n) is 5.29. The molecule has 0 aliphatic rings. The number of hydrogen-bond donors (Lipinski definition) is 2. The normalized spacial score (nSPS) is 12.8. The molecule has 4 nitrogen and oxygen atoms in total. The number of nitrogens with one attached hydrogen (secondary N) is 1. The lowest BCUT2D eigenvalue weighted by molar-refractivity contribution is 0.0917. The predicted molar refractivity (Wildman–Crippen MR) is 80.5 cm³/mol. The standard InChI is InChI=1S/C14H22ClN3O/c1-9(2)12(8-18(3)4)17-14(19)10-6-5-7-11(15)13(10)16/h5-7,9,12H,8,16H2,1-4H3,(H,17,19). The van der Waals surface area contributed by atoms with E-state index in [1.165, 1.54) is 0 Å². The molecule has 0 radical (unpaired) electrons. The molecule has 5 heteroatoms.